The van der Waals surface area contributed by atoms with Gasteiger partial charge in [0, 0.05) is 23.0 Å². The monoisotopic (exact) mass is 882 g/mol. The molecule has 10 rings (SSSR count). The fourth-order valence-electron chi connectivity index (χ4n) is 9.63. The van der Waals surface area contributed by atoms with Crippen LogP contribution in [-0.2, 0) is 18.0 Å². The third-order valence-corrected chi connectivity index (χ3v) is 13.4. The first kappa shape index (κ1) is 42.7. The Morgan fingerprint density at radius 3 is 1.41 bits per heavy atom. The highest BCUT2D eigenvalue weighted by Gasteiger charge is 2.36. The van der Waals surface area contributed by atoms with E-state index < -0.39 is 0 Å². The molecular formula is C51H54N12O3. The zero-order valence-electron chi connectivity index (χ0n) is 37.3. The molecule has 66 heavy (non-hydrogen) atoms. The Kier molecular flexibility index (Phi) is 12.1. The predicted octanol–water partition coefficient (Wildman–Crippen LogP) is 7.62. The number of hydrogen-bond donors (Lipinski definition) is 2. The number of hydrogen-bond acceptors (Lipinski definition) is 13. The Morgan fingerprint density at radius 1 is 0.591 bits per heavy atom. The van der Waals surface area contributed by atoms with Crippen LogP contribution in [0.2, 0.25) is 0 Å². The largest absolute Gasteiger partial charge is 0.489 e. The van der Waals surface area contributed by atoms with Gasteiger partial charge in [0.15, 0.2) is 17.4 Å². The number of nitrogens with zero attached hydrogens (tertiary/aromatic N) is 10. The summed E-state index contributed by atoms with van der Waals surface area (Å²) in [6.45, 7) is 8.10. The van der Waals surface area contributed by atoms with Gasteiger partial charge in [-0.15, -0.1) is 0 Å². The molecule has 336 valence electrons. The van der Waals surface area contributed by atoms with Crippen LogP contribution in [0.5, 0.6) is 11.5 Å². The van der Waals surface area contributed by atoms with Gasteiger partial charge in [-0.3, -0.25) is 14.6 Å². The van der Waals surface area contributed by atoms with E-state index in [2.05, 4.69) is 43.8 Å². The first-order valence-electron chi connectivity index (χ1n) is 22.8. The Labute approximate surface area is 383 Å². The van der Waals surface area contributed by atoms with Crippen molar-refractivity contribution in [3.05, 3.63) is 145 Å². The number of likely N-dealkylation sites (tertiary alicyclic amines) is 2. The van der Waals surface area contributed by atoms with Crippen molar-refractivity contribution in [1.29, 1.82) is 0 Å². The number of rotatable bonds is 14. The van der Waals surface area contributed by atoms with Crippen LogP contribution in [0, 0.1) is 0 Å². The van der Waals surface area contributed by atoms with E-state index in [-0.39, 0.29) is 29.7 Å². The Balaban J connectivity index is 0.777. The number of carbonyl (C=O) groups excluding carboxylic acids is 1. The van der Waals surface area contributed by atoms with Crippen molar-refractivity contribution in [3.63, 3.8) is 0 Å². The molecule has 2 unspecified atom stereocenters. The molecule has 0 amide bonds. The number of Topliss-reactive ketones (excluding diaryl/α,β-unsaturated/α-hetero) is 1. The number of nitrogens with two attached hydrogens (primary N) is 2. The number of aromatic nitrogens is 8. The van der Waals surface area contributed by atoms with Gasteiger partial charge < -0.3 is 20.9 Å². The second-order valence-corrected chi connectivity index (χ2v) is 17.4. The smallest absolute Gasteiger partial charge is 0.166 e. The average Bonchev–Trinajstić information content (AvgIpc) is 3.97. The summed E-state index contributed by atoms with van der Waals surface area (Å²) in [6.07, 6.45) is 6.30. The minimum atomic E-state index is -0.228. The average molecular weight is 883 g/mol. The first-order valence-corrected chi connectivity index (χ1v) is 22.8. The van der Waals surface area contributed by atoms with E-state index in [4.69, 9.17) is 30.9 Å². The molecule has 2 aliphatic heterocycles. The van der Waals surface area contributed by atoms with Crippen LogP contribution >= 0.6 is 0 Å². The number of fused-ring (bicyclic) bond motifs is 2. The molecule has 0 radical (unpaired) electrons. The molecule has 4 aromatic heterocycles. The maximum atomic E-state index is 14.2. The van der Waals surface area contributed by atoms with Gasteiger partial charge in [0.2, 0.25) is 0 Å². The summed E-state index contributed by atoms with van der Waals surface area (Å²) in [5.74, 6) is 4.43. The molecule has 0 saturated carbocycles. The van der Waals surface area contributed by atoms with Crippen molar-refractivity contribution in [2.45, 2.75) is 76.7 Å². The lowest BCUT2D eigenvalue weighted by atomic mass is 9.92. The number of ether oxygens (including phenoxy) is 2. The van der Waals surface area contributed by atoms with E-state index in [0.717, 1.165) is 109 Å². The molecule has 2 atom stereocenters. The van der Waals surface area contributed by atoms with E-state index in [9.17, 15) is 4.79 Å². The van der Waals surface area contributed by atoms with Gasteiger partial charge in [-0.1, -0.05) is 84.9 Å². The van der Waals surface area contributed by atoms with Crippen LogP contribution in [0.1, 0.15) is 74.1 Å². The highest BCUT2D eigenvalue weighted by molar-refractivity contribution is 5.89. The van der Waals surface area contributed by atoms with Gasteiger partial charge in [0.05, 0.1) is 12.1 Å². The van der Waals surface area contributed by atoms with Crippen molar-refractivity contribution >= 4 is 28.5 Å². The van der Waals surface area contributed by atoms with Crippen LogP contribution in [-0.4, -0.2) is 93.0 Å². The maximum Gasteiger partial charge on any atom is 0.166 e. The third-order valence-electron chi connectivity index (χ3n) is 13.4. The predicted molar refractivity (Wildman–Crippen MR) is 254 cm³/mol. The Bertz CT molecular complexity index is 2760. The summed E-state index contributed by atoms with van der Waals surface area (Å²) in [5, 5.41) is 9.26. The highest BCUT2D eigenvalue weighted by atomic mass is 16.5. The van der Waals surface area contributed by atoms with Crippen molar-refractivity contribution in [2.75, 3.05) is 37.6 Å². The molecule has 4 aromatic carbocycles. The number of ketones is 1. The quantitative estimate of drug-likeness (QED) is 0.109. The number of imidazole rings is 2. The normalized spacial score (nSPS) is 16.4. The van der Waals surface area contributed by atoms with Gasteiger partial charge in [0.1, 0.15) is 71.4 Å². The van der Waals surface area contributed by atoms with Gasteiger partial charge in [0.25, 0.3) is 0 Å². The van der Waals surface area contributed by atoms with Gasteiger partial charge in [-0.05, 0) is 101 Å². The zero-order chi connectivity index (χ0) is 45.1. The molecule has 0 bridgehead atoms. The van der Waals surface area contributed by atoms with Crippen molar-refractivity contribution in [1.82, 2.24) is 49.0 Å². The maximum absolute atomic E-state index is 14.2. The van der Waals surface area contributed by atoms with E-state index in [0.29, 0.717) is 35.9 Å². The number of anilines is 2. The van der Waals surface area contributed by atoms with E-state index in [1.807, 2.05) is 118 Å². The molecule has 15 heteroatoms. The van der Waals surface area contributed by atoms with Crippen LogP contribution in [0.3, 0.4) is 0 Å². The molecular weight excluding hydrogens is 829 g/mol. The van der Waals surface area contributed by atoms with Crippen molar-refractivity contribution < 1.29 is 14.3 Å². The van der Waals surface area contributed by atoms with Crippen LogP contribution < -0.4 is 20.9 Å². The number of benzene rings is 4. The van der Waals surface area contributed by atoms with Crippen LogP contribution in [0.25, 0.3) is 33.5 Å². The number of carbonyl (C=O) groups is 1. The third kappa shape index (κ3) is 8.66. The zero-order valence-corrected chi connectivity index (χ0v) is 37.3. The van der Waals surface area contributed by atoms with Gasteiger partial charge in [-0.2, -0.15) is 10.2 Å². The lowest BCUT2D eigenvalue weighted by molar-refractivity contribution is -0.129. The van der Waals surface area contributed by atoms with Crippen LogP contribution in [0.15, 0.2) is 122 Å². The standard InChI is InChI=1S/C51H54N12O3/c1-33(60-23-19-37(20-24-60)50-58-43(45-48(52)54-31-56-62(45)50)39-15-9-17-41(27-39)65-29-35-11-5-3-6-12-35)47(64)34(2)61-25-21-38(22-26-61)51-59-44(46-49(53)55-32-57-63(46)51)40-16-10-18-42(28-40)66-30-36-13-7-4-8-14-36/h3-18,27-28,31-34,37-38H,19-26,29-30H2,1-2H3,(H2,52,54,56)(H2,53,55,57). The summed E-state index contributed by atoms with van der Waals surface area (Å²) in [6, 6.07) is 35.6. The van der Waals surface area contributed by atoms with E-state index in [1.54, 1.807) is 0 Å². The summed E-state index contributed by atoms with van der Waals surface area (Å²) in [5.41, 5.74) is 19.8. The second-order valence-electron chi connectivity index (χ2n) is 17.4. The highest BCUT2D eigenvalue weighted by Crippen LogP contribution is 2.38. The summed E-state index contributed by atoms with van der Waals surface area (Å²) in [7, 11) is 0. The number of nitrogen functional groups attached to an aromatic ring is 2. The molecule has 2 aliphatic rings. The van der Waals surface area contributed by atoms with Crippen LogP contribution in [0.4, 0.5) is 11.6 Å². The molecule has 4 N–H and O–H groups in total. The topological polar surface area (TPSA) is 180 Å². The Hall–Kier alpha value is -7.23. The fraction of sp³-hybridized carbons (Fsp3) is 0.314. The molecule has 8 aromatic rings. The second kappa shape index (κ2) is 18.7. The molecule has 0 spiro atoms. The minimum absolute atomic E-state index is 0.130. The molecule has 6 heterocycles. The Morgan fingerprint density at radius 2 is 1.00 bits per heavy atom. The van der Waals surface area contributed by atoms with Gasteiger partial charge in [-0.25, -0.2) is 29.0 Å². The number of piperidine rings is 2. The fourth-order valence-corrected chi connectivity index (χ4v) is 9.63. The minimum Gasteiger partial charge on any atom is -0.489 e. The first-order chi connectivity index (χ1) is 32.3. The lowest BCUT2D eigenvalue weighted by Crippen LogP contribution is -2.52. The molecule has 2 fully saturated rings. The summed E-state index contributed by atoms with van der Waals surface area (Å²) >= 11 is 0. The molecule has 15 nitrogen and oxygen atoms in total. The van der Waals surface area contributed by atoms with Crippen molar-refractivity contribution in [3.8, 4) is 34.0 Å². The van der Waals surface area contributed by atoms with E-state index in [1.165, 1.54) is 12.7 Å². The lowest BCUT2D eigenvalue weighted by Gasteiger charge is -2.39. The van der Waals surface area contributed by atoms with E-state index >= 15 is 0 Å². The van der Waals surface area contributed by atoms with Crippen molar-refractivity contribution in [2.24, 2.45) is 0 Å². The SMILES string of the molecule is CC(C(=O)C(C)N1CCC(c2nc(-c3cccc(OCc4ccccc4)c3)c3c(N)ncnn23)CC1)N1CCC(c2nc(-c3cccc(OCc4ccccc4)c3)c3c(N)ncnn23)CC1. The molecule has 0 aliphatic carbocycles. The van der Waals surface area contributed by atoms with Gasteiger partial charge >= 0.3 is 0 Å². The summed E-state index contributed by atoms with van der Waals surface area (Å²) in [4.78, 5) is 37.9. The molecule has 2 saturated heterocycles. The summed E-state index contributed by atoms with van der Waals surface area (Å²) < 4.78 is 16.0.